The van der Waals surface area contributed by atoms with Crippen LogP contribution >= 0.6 is 11.8 Å². The van der Waals surface area contributed by atoms with Crippen LogP contribution in [0, 0.1) is 11.3 Å². The molecule has 1 heterocycles. The van der Waals surface area contributed by atoms with Crippen LogP contribution in [-0.4, -0.2) is 11.2 Å². The molecule has 12 heavy (non-hydrogen) atoms. The number of hydrogen-bond acceptors (Lipinski definition) is 3. The molecule has 0 atom stereocenters. The van der Waals surface area contributed by atoms with Gasteiger partial charge in [-0.25, -0.2) is 4.98 Å². The third kappa shape index (κ3) is 1.77. The average molecular weight is 178 g/mol. The Morgan fingerprint density at radius 3 is 2.83 bits per heavy atom. The summed E-state index contributed by atoms with van der Waals surface area (Å²) >= 11 is 1.55. The SMILES string of the molecule is CCc1ccc(SC)c(C#N)n1. The lowest BCUT2D eigenvalue weighted by Crippen LogP contribution is -1.92. The van der Waals surface area contributed by atoms with Crippen LogP contribution in [0.1, 0.15) is 18.3 Å². The molecule has 0 saturated heterocycles. The lowest BCUT2D eigenvalue weighted by Gasteiger charge is -2.00. The third-order valence-electron chi connectivity index (χ3n) is 1.60. The molecule has 2 nitrogen and oxygen atoms in total. The molecule has 0 aromatic carbocycles. The molecule has 1 aromatic rings. The Kier molecular flexibility index (Phi) is 3.12. The summed E-state index contributed by atoms with van der Waals surface area (Å²) in [5, 5.41) is 8.74. The van der Waals surface area contributed by atoms with E-state index in [9.17, 15) is 0 Å². The molecule has 0 aliphatic carbocycles. The van der Waals surface area contributed by atoms with E-state index < -0.39 is 0 Å². The maximum atomic E-state index is 8.74. The largest absolute Gasteiger partial charge is 0.241 e. The van der Waals surface area contributed by atoms with Crippen molar-refractivity contribution in [3.8, 4) is 6.07 Å². The van der Waals surface area contributed by atoms with Crippen molar-refractivity contribution < 1.29 is 0 Å². The average Bonchev–Trinajstić information content (AvgIpc) is 2.16. The van der Waals surface area contributed by atoms with E-state index in [0.717, 1.165) is 17.0 Å². The molecule has 0 spiro atoms. The Balaban J connectivity index is 3.13. The number of nitrogens with zero attached hydrogens (tertiary/aromatic N) is 2. The van der Waals surface area contributed by atoms with Gasteiger partial charge >= 0.3 is 0 Å². The Bertz CT molecular complexity index is 315. The monoisotopic (exact) mass is 178 g/mol. The standard InChI is InChI=1S/C9H10N2S/c1-3-7-4-5-9(12-2)8(6-10)11-7/h4-5H,3H2,1-2H3. The van der Waals surface area contributed by atoms with Gasteiger partial charge in [-0.05, 0) is 24.8 Å². The van der Waals surface area contributed by atoms with Gasteiger partial charge in [-0.1, -0.05) is 6.92 Å². The summed E-state index contributed by atoms with van der Waals surface area (Å²) in [5.41, 5.74) is 1.52. The summed E-state index contributed by atoms with van der Waals surface area (Å²) in [6.07, 6.45) is 2.83. The highest BCUT2D eigenvalue weighted by atomic mass is 32.2. The molecule has 1 aromatic heterocycles. The van der Waals surface area contributed by atoms with Gasteiger partial charge in [0, 0.05) is 10.6 Å². The highest BCUT2D eigenvalue weighted by molar-refractivity contribution is 7.98. The zero-order valence-corrected chi connectivity index (χ0v) is 7.98. The second kappa shape index (κ2) is 4.13. The van der Waals surface area contributed by atoms with Crippen molar-refractivity contribution in [2.24, 2.45) is 0 Å². The number of pyridine rings is 1. The van der Waals surface area contributed by atoms with E-state index in [1.807, 2.05) is 25.3 Å². The zero-order chi connectivity index (χ0) is 8.97. The molecular formula is C9H10N2S. The Labute approximate surface area is 76.6 Å². The zero-order valence-electron chi connectivity index (χ0n) is 7.16. The molecule has 62 valence electrons. The van der Waals surface area contributed by atoms with E-state index in [-0.39, 0.29) is 0 Å². The number of rotatable bonds is 2. The molecule has 0 aliphatic heterocycles. The maximum Gasteiger partial charge on any atom is 0.154 e. The van der Waals surface area contributed by atoms with Crippen LogP contribution in [0.4, 0.5) is 0 Å². The topological polar surface area (TPSA) is 36.7 Å². The lowest BCUT2D eigenvalue weighted by atomic mass is 10.2. The highest BCUT2D eigenvalue weighted by Gasteiger charge is 2.02. The first-order valence-electron chi connectivity index (χ1n) is 3.75. The van der Waals surface area contributed by atoms with Gasteiger partial charge in [0.25, 0.3) is 0 Å². The lowest BCUT2D eigenvalue weighted by molar-refractivity contribution is 1.00. The van der Waals surface area contributed by atoms with Crippen molar-refractivity contribution >= 4 is 11.8 Å². The summed E-state index contributed by atoms with van der Waals surface area (Å²) in [7, 11) is 0. The highest BCUT2D eigenvalue weighted by Crippen LogP contribution is 2.18. The Morgan fingerprint density at radius 1 is 1.58 bits per heavy atom. The van der Waals surface area contributed by atoms with Crippen molar-refractivity contribution in [1.29, 1.82) is 5.26 Å². The minimum atomic E-state index is 0.543. The first kappa shape index (κ1) is 9.08. The fraction of sp³-hybridized carbons (Fsp3) is 0.333. The van der Waals surface area contributed by atoms with Crippen molar-refractivity contribution in [2.45, 2.75) is 18.2 Å². The molecule has 1 rings (SSSR count). The van der Waals surface area contributed by atoms with Gasteiger partial charge in [-0.15, -0.1) is 11.8 Å². The second-order valence-electron chi connectivity index (χ2n) is 2.32. The molecule has 0 saturated carbocycles. The third-order valence-corrected chi connectivity index (χ3v) is 2.37. The normalized spacial score (nSPS) is 9.42. The first-order valence-corrected chi connectivity index (χ1v) is 4.98. The minimum Gasteiger partial charge on any atom is -0.241 e. The smallest absolute Gasteiger partial charge is 0.154 e. The summed E-state index contributed by atoms with van der Waals surface area (Å²) in [6, 6.07) is 6.01. The van der Waals surface area contributed by atoms with Gasteiger partial charge in [0.2, 0.25) is 0 Å². The molecule has 0 radical (unpaired) electrons. The number of aryl methyl sites for hydroxylation is 1. The van der Waals surface area contributed by atoms with E-state index in [4.69, 9.17) is 5.26 Å². The van der Waals surface area contributed by atoms with Crippen LogP contribution in [0.2, 0.25) is 0 Å². The van der Waals surface area contributed by atoms with Gasteiger partial charge < -0.3 is 0 Å². The van der Waals surface area contributed by atoms with E-state index >= 15 is 0 Å². The summed E-state index contributed by atoms with van der Waals surface area (Å²) < 4.78 is 0. The van der Waals surface area contributed by atoms with E-state index in [2.05, 4.69) is 11.1 Å². The molecule has 0 bridgehead atoms. The summed E-state index contributed by atoms with van der Waals surface area (Å²) in [4.78, 5) is 5.15. The van der Waals surface area contributed by atoms with Crippen LogP contribution in [0.15, 0.2) is 17.0 Å². The quantitative estimate of drug-likeness (QED) is 0.652. The predicted molar refractivity (Wildman–Crippen MR) is 50.1 cm³/mol. The molecule has 3 heteroatoms. The molecular weight excluding hydrogens is 168 g/mol. The van der Waals surface area contributed by atoms with Gasteiger partial charge in [0.05, 0.1) is 0 Å². The van der Waals surface area contributed by atoms with Gasteiger partial charge in [0.15, 0.2) is 5.69 Å². The van der Waals surface area contributed by atoms with E-state index in [1.54, 1.807) is 11.8 Å². The molecule has 0 amide bonds. The van der Waals surface area contributed by atoms with Gasteiger partial charge in [-0.2, -0.15) is 5.26 Å². The molecule has 0 unspecified atom stereocenters. The Morgan fingerprint density at radius 2 is 2.33 bits per heavy atom. The van der Waals surface area contributed by atoms with Crippen molar-refractivity contribution in [1.82, 2.24) is 4.98 Å². The molecule has 0 fully saturated rings. The van der Waals surface area contributed by atoms with Crippen molar-refractivity contribution in [3.63, 3.8) is 0 Å². The minimum absolute atomic E-state index is 0.543. The maximum absolute atomic E-state index is 8.74. The van der Waals surface area contributed by atoms with Crippen LogP contribution in [-0.2, 0) is 6.42 Å². The van der Waals surface area contributed by atoms with E-state index in [1.165, 1.54) is 0 Å². The number of thioether (sulfide) groups is 1. The number of nitriles is 1. The van der Waals surface area contributed by atoms with Crippen LogP contribution in [0.3, 0.4) is 0 Å². The van der Waals surface area contributed by atoms with Crippen molar-refractivity contribution in [2.75, 3.05) is 6.26 Å². The van der Waals surface area contributed by atoms with Crippen molar-refractivity contribution in [3.05, 3.63) is 23.5 Å². The number of hydrogen-bond donors (Lipinski definition) is 0. The predicted octanol–water partition coefficient (Wildman–Crippen LogP) is 2.24. The van der Waals surface area contributed by atoms with Gasteiger partial charge in [-0.3, -0.25) is 0 Å². The van der Waals surface area contributed by atoms with Crippen LogP contribution < -0.4 is 0 Å². The van der Waals surface area contributed by atoms with Crippen LogP contribution in [0.5, 0.6) is 0 Å². The van der Waals surface area contributed by atoms with Gasteiger partial charge in [0.1, 0.15) is 6.07 Å². The fourth-order valence-corrected chi connectivity index (χ4v) is 1.42. The summed E-state index contributed by atoms with van der Waals surface area (Å²) in [5.74, 6) is 0. The summed E-state index contributed by atoms with van der Waals surface area (Å²) in [6.45, 7) is 2.03. The Hall–Kier alpha value is -1.01. The molecule has 0 aliphatic rings. The first-order chi connectivity index (χ1) is 5.81. The molecule has 0 N–H and O–H groups in total. The van der Waals surface area contributed by atoms with Crippen LogP contribution in [0.25, 0.3) is 0 Å². The second-order valence-corrected chi connectivity index (χ2v) is 3.17. The fourth-order valence-electron chi connectivity index (χ4n) is 0.929. The van der Waals surface area contributed by atoms with E-state index in [0.29, 0.717) is 5.69 Å². The number of aromatic nitrogens is 1.